The number of likely N-dealkylation sites (tertiary alicyclic amines) is 1. The molecule has 2 saturated carbocycles. The zero-order valence-corrected chi connectivity index (χ0v) is 22.6. The molecule has 1 aromatic rings. The van der Waals surface area contributed by atoms with E-state index in [1.54, 1.807) is 4.90 Å². The number of rotatable bonds is 8. The molecule has 0 aromatic heterocycles. The predicted octanol–water partition coefficient (Wildman–Crippen LogP) is 2.71. The Morgan fingerprint density at radius 2 is 1.74 bits per heavy atom. The number of benzene rings is 1. The molecule has 5 fully saturated rings. The second-order valence-corrected chi connectivity index (χ2v) is 12.0. The number of hydrogen-bond acceptors (Lipinski definition) is 6. The van der Waals surface area contributed by atoms with Crippen LogP contribution in [0, 0.1) is 17.8 Å². The van der Waals surface area contributed by atoms with Crippen LogP contribution in [0.15, 0.2) is 24.3 Å². The fourth-order valence-electron chi connectivity index (χ4n) is 7.31. The van der Waals surface area contributed by atoms with E-state index < -0.39 is 12.1 Å². The van der Waals surface area contributed by atoms with Gasteiger partial charge < -0.3 is 19.9 Å². The maximum atomic E-state index is 14.0. The highest BCUT2D eigenvalue weighted by Gasteiger charge is 2.57. The zero-order chi connectivity index (χ0) is 26.2. The average molecular weight is 523 g/mol. The number of nitrogens with zero attached hydrogens (tertiary/aromatic N) is 3. The maximum Gasteiger partial charge on any atom is 0.251 e. The molecule has 8 nitrogen and oxygen atoms in total. The third-order valence-corrected chi connectivity index (χ3v) is 9.57. The van der Waals surface area contributed by atoms with Crippen LogP contribution in [0.5, 0.6) is 0 Å². The number of nitrogens with one attached hydrogen (secondary N) is 1. The molecule has 3 aliphatic heterocycles. The van der Waals surface area contributed by atoms with Gasteiger partial charge in [-0.15, -0.1) is 0 Å². The van der Waals surface area contributed by atoms with E-state index in [0.717, 1.165) is 76.9 Å². The molecule has 0 spiro atoms. The highest BCUT2D eigenvalue weighted by atomic mass is 16.5. The first-order chi connectivity index (χ1) is 18.5. The second-order valence-electron chi connectivity index (χ2n) is 12.0. The van der Waals surface area contributed by atoms with Crippen LogP contribution >= 0.6 is 0 Å². The topological polar surface area (TPSA) is 82.2 Å². The summed E-state index contributed by atoms with van der Waals surface area (Å²) in [6.45, 7) is 8.15. The van der Waals surface area contributed by atoms with Gasteiger partial charge >= 0.3 is 0 Å². The Morgan fingerprint density at radius 3 is 2.39 bits per heavy atom. The SMILES string of the molecule is CCCN1CCN(c2ccc(C(=O)N[C@H](C(=O)N3C[C@@H](C4CC4)[C@H]4OCC(=O)[C@H]43)C3CCCC3)cc2)CC1. The van der Waals surface area contributed by atoms with E-state index in [9.17, 15) is 14.4 Å². The van der Waals surface area contributed by atoms with Gasteiger partial charge in [-0.3, -0.25) is 19.3 Å². The molecule has 3 heterocycles. The summed E-state index contributed by atoms with van der Waals surface area (Å²) in [6.07, 6.45) is 7.32. The van der Waals surface area contributed by atoms with Crippen LogP contribution in [0.1, 0.15) is 62.2 Å². The minimum Gasteiger partial charge on any atom is -0.369 e. The van der Waals surface area contributed by atoms with Gasteiger partial charge in [0.05, 0.1) is 6.10 Å². The van der Waals surface area contributed by atoms with E-state index in [1.165, 1.54) is 6.42 Å². The summed E-state index contributed by atoms with van der Waals surface area (Å²) in [6, 6.07) is 6.73. The largest absolute Gasteiger partial charge is 0.369 e. The van der Waals surface area contributed by atoms with E-state index in [2.05, 4.69) is 22.0 Å². The van der Waals surface area contributed by atoms with Crippen molar-refractivity contribution >= 4 is 23.3 Å². The Morgan fingerprint density at radius 1 is 1.03 bits per heavy atom. The summed E-state index contributed by atoms with van der Waals surface area (Å²) in [5.74, 6) is 0.613. The Bertz CT molecular complexity index is 1030. The molecule has 38 heavy (non-hydrogen) atoms. The number of anilines is 1. The molecule has 5 aliphatic rings. The number of amides is 2. The van der Waals surface area contributed by atoms with Crippen LogP contribution in [-0.4, -0.2) is 91.5 Å². The van der Waals surface area contributed by atoms with Crippen molar-refractivity contribution in [2.24, 2.45) is 17.8 Å². The predicted molar refractivity (Wildman–Crippen MR) is 145 cm³/mol. The van der Waals surface area contributed by atoms with Gasteiger partial charge in [-0.2, -0.15) is 0 Å². The summed E-state index contributed by atoms with van der Waals surface area (Å²) in [5, 5.41) is 3.12. The number of fused-ring (bicyclic) bond motifs is 1. The van der Waals surface area contributed by atoms with Crippen molar-refractivity contribution in [2.45, 2.75) is 70.1 Å². The average Bonchev–Trinajstić information content (AvgIpc) is 3.32. The molecule has 2 aliphatic carbocycles. The van der Waals surface area contributed by atoms with E-state index in [0.29, 0.717) is 18.0 Å². The summed E-state index contributed by atoms with van der Waals surface area (Å²) in [4.78, 5) is 46.8. The van der Waals surface area contributed by atoms with Crippen molar-refractivity contribution < 1.29 is 19.1 Å². The normalized spacial score (nSPS) is 29.1. The Labute approximate surface area is 226 Å². The lowest BCUT2D eigenvalue weighted by Crippen LogP contribution is -2.54. The molecule has 3 saturated heterocycles. The Kier molecular flexibility index (Phi) is 7.45. The van der Waals surface area contributed by atoms with Gasteiger partial charge in [0, 0.05) is 49.9 Å². The van der Waals surface area contributed by atoms with Crippen LogP contribution in [0.25, 0.3) is 0 Å². The summed E-state index contributed by atoms with van der Waals surface area (Å²) >= 11 is 0. The molecule has 6 rings (SSSR count). The number of hydrogen-bond donors (Lipinski definition) is 1. The van der Waals surface area contributed by atoms with Gasteiger partial charge in [-0.1, -0.05) is 19.8 Å². The number of carbonyl (C=O) groups is 3. The summed E-state index contributed by atoms with van der Waals surface area (Å²) in [7, 11) is 0. The van der Waals surface area contributed by atoms with Crippen LogP contribution < -0.4 is 10.2 Å². The third-order valence-electron chi connectivity index (χ3n) is 9.57. The smallest absolute Gasteiger partial charge is 0.251 e. The van der Waals surface area contributed by atoms with E-state index in [-0.39, 0.29) is 42.1 Å². The van der Waals surface area contributed by atoms with Crippen LogP contribution in [0.2, 0.25) is 0 Å². The van der Waals surface area contributed by atoms with E-state index >= 15 is 0 Å². The minimum absolute atomic E-state index is 0.00844. The zero-order valence-electron chi connectivity index (χ0n) is 22.6. The van der Waals surface area contributed by atoms with Gasteiger partial charge in [-0.05, 0) is 74.8 Å². The standard InChI is InChI=1S/C30H42N4O4/c1-2-13-32-14-16-33(17-15-32)23-11-9-22(10-12-23)29(36)31-26(21-5-3-4-6-21)30(37)34-18-24(20-7-8-20)28-27(34)25(35)19-38-28/h9-12,20-21,24,26-28H,2-8,13-19H2,1H3,(H,31,36)/t24-,26-,27+,28+/m0/s1. The summed E-state index contributed by atoms with van der Waals surface area (Å²) in [5.41, 5.74) is 1.71. The van der Waals surface area contributed by atoms with Gasteiger partial charge in [0.15, 0.2) is 5.78 Å². The lowest BCUT2D eigenvalue weighted by Gasteiger charge is -2.36. The van der Waals surface area contributed by atoms with E-state index in [4.69, 9.17) is 4.74 Å². The van der Waals surface area contributed by atoms with Crippen molar-refractivity contribution in [2.75, 3.05) is 50.8 Å². The third kappa shape index (κ3) is 5.09. The van der Waals surface area contributed by atoms with Gasteiger partial charge in [0.2, 0.25) is 5.91 Å². The molecule has 0 bridgehead atoms. The number of ketones is 1. The highest BCUT2D eigenvalue weighted by molar-refractivity contribution is 5.99. The van der Waals surface area contributed by atoms with Crippen LogP contribution in [-0.2, 0) is 14.3 Å². The van der Waals surface area contributed by atoms with Crippen molar-refractivity contribution in [1.29, 1.82) is 0 Å². The first kappa shape index (κ1) is 25.8. The van der Waals surface area contributed by atoms with Crippen LogP contribution in [0.3, 0.4) is 0 Å². The molecular formula is C30H42N4O4. The highest BCUT2D eigenvalue weighted by Crippen LogP contribution is 2.46. The molecule has 1 N–H and O–H groups in total. The molecule has 2 amide bonds. The Hall–Kier alpha value is -2.45. The number of ether oxygens (including phenoxy) is 1. The lowest BCUT2D eigenvalue weighted by atomic mass is 9.95. The molecule has 0 unspecified atom stereocenters. The van der Waals surface area contributed by atoms with Crippen LogP contribution in [0.4, 0.5) is 5.69 Å². The maximum absolute atomic E-state index is 14.0. The van der Waals surface area contributed by atoms with E-state index in [1.807, 2.05) is 24.3 Å². The molecule has 4 atom stereocenters. The molecule has 206 valence electrons. The van der Waals surface area contributed by atoms with Gasteiger partial charge in [0.1, 0.15) is 18.7 Å². The number of piperazine rings is 1. The first-order valence-electron chi connectivity index (χ1n) is 14.9. The molecular weight excluding hydrogens is 480 g/mol. The molecule has 1 aromatic carbocycles. The first-order valence-corrected chi connectivity index (χ1v) is 14.9. The van der Waals surface area contributed by atoms with Crippen molar-refractivity contribution in [1.82, 2.24) is 15.1 Å². The van der Waals surface area contributed by atoms with Gasteiger partial charge in [0.25, 0.3) is 5.91 Å². The number of Topliss-reactive ketones (excluding diaryl/α,β-unsaturated/α-hetero) is 1. The molecule has 0 radical (unpaired) electrons. The Balaban J connectivity index is 1.14. The fraction of sp³-hybridized carbons (Fsp3) is 0.700. The lowest BCUT2D eigenvalue weighted by molar-refractivity contribution is -0.139. The number of carbonyl (C=O) groups excluding carboxylic acids is 3. The van der Waals surface area contributed by atoms with Crippen molar-refractivity contribution in [3.05, 3.63) is 29.8 Å². The summed E-state index contributed by atoms with van der Waals surface area (Å²) < 4.78 is 5.88. The molecule has 8 heteroatoms. The quantitative estimate of drug-likeness (QED) is 0.566. The minimum atomic E-state index is -0.594. The van der Waals surface area contributed by atoms with Crippen molar-refractivity contribution in [3.8, 4) is 0 Å². The van der Waals surface area contributed by atoms with Gasteiger partial charge in [-0.25, -0.2) is 0 Å². The monoisotopic (exact) mass is 522 g/mol. The second kappa shape index (κ2) is 11.0. The fourth-order valence-corrected chi connectivity index (χ4v) is 7.31. The van der Waals surface area contributed by atoms with Crippen molar-refractivity contribution in [3.63, 3.8) is 0 Å².